The first-order valence-corrected chi connectivity index (χ1v) is 11.4. The molecule has 0 spiro atoms. The summed E-state index contributed by atoms with van der Waals surface area (Å²) < 4.78 is 33.7. The van der Waals surface area contributed by atoms with Gasteiger partial charge in [0.2, 0.25) is 10.0 Å². The number of hydrogen-bond donors (Lipinski definition) is 2. The second-order valence-corrected chi connectivity index (χ2v) is 9.30. The Morgan fingerprint density at radius 3 is 2.38 bits per heavy atom. The molecule has 0 aromatic heterocycles. The minimum absolute atomic E-state index is 0.00968. The van der Waals surface area contributed by atoms with Crippen molar-refractivity contribution in [3.8, 4) is 5.75 Å². The van der Waals surface area contributed by atoms with Gasteiger partial charge in [-0.2, -0.15) is 0 Å². The number of anilines is 1. The number of amides is 1. The molecule has 1 amide bonds. The normalized spacial score (nSPS) is 15.1. The molecule has 0 radical (unpaired) electrons. The van der Waals surface area contributed by atoms with E-state index in [2.05, 4.69) is 10.0 Å². The number of carbonyl (C=O) groups excluding carboxylic acids is 1. The number of sulfonamides is 1. The smallest absolute Gasteiger partial charge is 0.262 e. The van der Waals surface area contributed by atoms with Gasteiger partial charge in [0.15, 0.2) is 6.61 Å². The third kappa shape index (κ3) is 6.05. The summed E-state index contributed by atoms with van der Waals surface area (Å²) in [6.07, 6.45) is 5.05. The molecular weight excluding hydrogens is 388 g/mol. The fourth-order valence-electron chi connectivity index (χ4n) is 3.44. The molecule has 7 heteroatoms. The van der Waals surface area contributed by atoms with Gasteiger partial charge in [-0.05, 0) is 62.6 Å². The third-order valence-electron chi connectivity index (χ3n) is 5.08. The lowest BCUT2D eigenvalue weighted by Crippen LogP contribution is -2.36. The number of benzene rings is 2. The molecule has 0 bridgehead atoms. The van der Waals surface area contributed by atoms with Crippen LogP contribution in [0, 0.1) is 13.8 Å². The second-order valence-electron chi connectivity index (χ2n) is 7.59. The average molecular weight is 417 g/mol. The largest absolute Gasteiger partial charge is 0.483 e. The van der Waals surface area contributed by atoms with E-state index in [0.717, 1.165) is 31.2 Å². The highest BCUT2D eigenvalue weighted by molar-refractivity contribution is 7.89. The third-order valence-corrected chi connectivity index (χ3v) is 6.60. The van der Waals surface area contributed by atoms with Gasteiger partial charge in [-0.3, -0.25) is 4.79 Å². The molecule has 1 saturated carbocycles. The quantitative estimate of drug-likeness (QED) is 0.716. The van der Waals surface area contributed by atoms with E-state index < -0.39 is 10.0 Å². The summed E-state index contributed by atoms with van der Waals surface area (Å²) in [6, 6.07) is 12.2. The Kier molecular flexibility index (Phi) is 6.92. The van der Waals surface area contributed by atoms with Crippen LogP contribution in [0.3, 0.4) is 0 Å². The van der Waals surface area contributed by atoms with Crippen molar-refractivity contribution in [2.75, 3.05) is 11.9 Å². The fourth-order valence-corrected chi connectivity index (χ4v) is 4.83. The number of ether oxygens (including phenoxy) is 1. The van der Waals surface area contributed by atoms with Crippen molar-refractivity contribution in [1.29, 1.82) is 0 Å². The minimum atomic E-state index is -3.56. The van der Waals surface area contributed by atoms with Gasteiger partial charge in [-0.15, -0.1) is 0 Å². The Bertz CT molecular complexity index is 949. The molecule has 0 atom stereocenters. The van der Waals surface area contributed by atoms with Crippen LogP contribution in [-0.2, 0) is 14.8 Å². The van der Waals surface area contributed by atoms with Crippen molar-refractivity contribution in [3.05, 3.63) is 53.6 Å². The predicted molar refractivity (Wildman–Crippen MR) is 114 cm³/mol. The maximum absolute atomic E-state index is 12.6. The van der Waals surface area contributed by atoms with Crippen LogP contribution >= 0.6 is 0 Å². The van der Waals surface area contributed by atoms with Crippen LogP contribution in [0.2, 0.25) is 0 Å². The number of nitrogens with one attached hydrogen (secondary N) is 2. The minimum Gasteiger partial charge on any atom is -0.483 e. The van der Waals surface area contributed by atoms with Crippen LogP contribution in [0.25, 0.3) is 0 Å². The summed E-state index contributed by atoms with van der Waals surface area (Å²) in [6.45, 7) is 3.60. The predicted octanol–water partition coefficient (Wildman–Crippen LogP) is 3.93. The summed E-state index contributed by atoms with van der Waals surface area (Å²) in [4.78, 5) is 12.3. The summed E-state index contributed by atoms with van der Waals surface area (Å²) in [5.74, 6) is 0.213. The van der Waals surface area contributed by atoms with Gasteiger partial charge in [0, 0.05) is 11.7 Å². The molecule has 0 aliphatic heterocycles. The first-order valence-electron chi connectivity index (χ1n) is 9.96. The van der Waals surface area contributed by atoms with E-state index in [4.69, 9.17) is 4.74 Å². The van der Waals surface area contributed by atoms with Crippen LogP contribution in [0.15, 0.2) is 47.4 Å². The van der Waals surface area contributed by atoms with E-state index in [-0.39, 0.29) is 23.5 Å². The van der Waals surface area contributed by atoms with Gasteiger partial charge in [0.25, 0.3) is 5.91 Å². The molecule has 1 fully saturated rings. The van der Waals surface area contributed by atoms with Gasteiger partial charge >= 0.3 is 0 Å². The lowest BCUT2D eigenvalue weighted by molar-refractivity contribution is -0.118. The van der Waals surface area contributed by atoms with Crippen molar-refractivity contribution in [2.45, 2.75) is 56.9 Å². The standard InChI is InChI=1S/C22H28N2O4S/c1-16-8-10-18(11-9-16)23-22(25)15-28-21-13-12-20(14-17(21)2)29(26,27)24-19-6-4-3-5-7-19/h8-14,19,24H,3-7,15H2,1-2H3,(H,23,25). The van der Waals surface area contributed by atoms with Crippen LogP contribution in [0.1, 0.15) is 43.2 Å². The van der Waals surface area contributed by atoms with Gasteiger partial charge in [0.05, 0.1) is 4.90 Å². The topological polar surface area (TPSA) is 84.5 Å². The van der Waals surface area contributed by atoms with Gasteiger partial charge in [-0.1, -0.05) is 37.0 Å². The molecule has 6 nitrogen and oxygen atoms in total. The zero-order valence-electron chi connectivity index (χ0n) is 16.9. The van der Waals surface area contributed by atoms with Crippen LogP contribution in [0.4, 0.5) is 5.69 Å². The Morgan fingerprint density at radius 2 is 1.72 bits per heavy atom. The number of rotatable bonds is 7. The monoisotopic (exact) mass is 416 g/mol. The Labute approximate surface area is 172 Å². The summed E-state index contributed by atoms with van der Waals surface area (Å²) in [5, 5.41) is 2.77. The van der Waals surface area contributed by atoms with E-state index >= 15 is 0 Å². The van der Waals surface area contributed by atoms with E-state index in [9.17, 15) is 13.2 Å². The molecule has 2 aromatic carbocycles. The van der Waals surface area contributed by atoms with Crippen molar-refractivity contribution in [2.24, 2.45) is 0 Å². The zero-order valence-corrected chi connectivity index (χ0v) is 17.7. The van der Waals surface area contributed by atoms with Crippen LogP contribution in [-0.4, -0.2) is 27.0 Å². The molecule has 0 heterocycles. The Hall–Kier alpha value is -2.38. The zero-order chi connectivity index (χ0) is 20.9. The van der Waals surface area contributed by atoms with Crippen molar-refractivity contribution in [3.63, 3.8) is 0 Å². The highest BCUT2D eigenvalue weighted by Crippen LogP contribution is 2.24. The second kappa shape index (κ2) is 9.41. The molecular formula is C22H28N2O4S. The summed E-state index contributed by atoms with van der Waals surface area (Å²) >= 11 is 0. The lowest BCUT2D eigenvalue weighted by atomic mass is 9.96. The van der Waals surface area contributed by atoms with E-state index in [0.29, 0.717) is 17.0 Å². The van der Waals surface area contributed by atoms with Crippen LogP contribution < -0.4 is 14.8 Å². The van der Waals surface area contributed by atoms with Crippen LogP contribution in [0.5, 0.6) is 5.75 Å². The SMILES string of the molecule is Cc1ccc(NC(=O)COc2ccc(S(=O)(=O)NC3CCCCC3)cc2C)cc1. The van der Waals surface area contributed by atoms with Crippen molar-refractivity contribution in [1.82, 2.24) is 4.72 Å². The molecule has 1 aliphatic rings. The Morgan fingerprint density at radius 1 is 1.03 bits per heavy atom. The summed E-state index contributed by atoms with van der Waals surface area (Å²) in [7, 11) is -3.56. The fraction of sp³-hybridized carbons (Fsp3) is 0.409. The molecule has 2 N–H and O–H groups in total. The average Bonchev–Trinajstić information content (AvgIpc) is 2.69. The number of hydrogen-bond acceptors (Lipinski definition) is 4. The van der Waals surface area contributed by atoms with Gasteiger partial charge in [0.1, 0.15) is 5.75 Å². The maximum Gasteiger partial charge on any atom is 0.262 e. The maximum atomic E-state index is 12.6. The Balaban J connectivity index is 1.58. The first kappa shape index (κ1) is 21.3. The summed E-state index contributed by atoms with van der Waals surface area (Å²) in [5.41, 5.74) is 2.48. The van der Waals surface area contributed by atoms with E-state index in [1.807, 2.05) is 31.2 Å². The molecule has 0 unspecified atom stereocenters. The first-order chi connectivity index (χ1) is 13.8. The number of aryl methyl sites for hydroxylation is 2. The molecule has 1 aliphatic carbocycles. The molecule has 3 rings (SSSR count). The van der Waals surface area contributed by atoms with Crippen molar-refractivity contribution < 1.29 is 17.9 Å². The lowest BCUT2D eigenvalue weighted by Gasteiger charge is -2.22. The highest BCUT2D eigenvalue weighted by Gasteiger charge is 2.22. The molecule has 156 valence electrons. The van der Waals surface area contributed by atoms with Gasteiger partial charge < -0.3 is 10.1 Å². The van der Waals surface area contributed by atoms with E-state index in [1.165, 1.54) is 12.5 Å². The van der Waals surface area contributed by atoms with E-state index in [1.54, 1.807) is 19.1 Å². The molecule has 2 aromatic rings. The van der Waals surface area contributed by atoms with Crippen molar-refractivity contribution >= 4 is 21.6 Å². The molecule has 29 heavy (non-hydrogen) atoms. The molecule has 0 saturated heterocycles. The number of carbonyl (C=O) groups is 1. The van der Waals surface area contributed by atoms with Gasteiger partial charge in [-0.25, -0.2) is 13.1 Å². The highest BCUT2D eigenvalue weighted by atomic mass is 32.2.